The van der Waals surface area contributed by atoms with Crippen molar-refractivity contribution in [1.82, 2.24) is 5.32 Å². The van der Waals surface area contributed by atoms with Crippen LogP contribution in [-0.4, -0.2) is 23.0 Å². The van der Waals surface area contributed by atoms with Gasteiger partial charge in [-0.2, -0.15) is 0 Å². The number of amides is 1. The van der Waals surface area contributed by atoms with E-state index in [2.05, 4.69) is 5.32 Å². The Labute approximate surface area is 120 Å². The molecule has 112 valence electrons. The van der Waals surface area contributed by atoms with Crippen LogP contribution >= 0.6 is 0 Å². The van der Waals surface area contributed by atoms with Crippen LogP contribution in [0, 0.1) is 23.5 Å². The van der Waals surface area contributed by atoms with Crippen molar-refractivity contribution in [2.24, 2.45) is 11.8 Å². The van der Waals surface area contributed by atoms with E-state index >= 15 is 0 Å². The zero-order valence-corrected chi connectivity index (χ0v) is 11.2. The predicted molar refractivity (Wildman–Crippen MR) is 69.5 cm³/mol. The molecule has 2 N–H and O–H groups in total. The number of hydrogen-bond donors (Lipinski definition) is 2. The first kappa shape index (κ1) is 14.0. The van der Waals surface area contributed by atoms with E-state index in [4.69, 9.17) is 5.11 Å². The van der Waals surface area contributed by atoms with E-state index in [1.807, 2.05) is 0 Å². The van der Waals surface area contributed by atoms with E-state index in [1.165, 1.54) is 0 Å². The molecular weight excluding hydrogens is 280 g/mol. The summed E-state index contributed by atoms with van der Waals surface area (Å²) in [6, 6.07) is 2.31. The lowest BCUT2D eigenvalue weighted by Gasteiger charge is -2.13. The van der Waals surface area contributed by atoms with Gasteiger partial charge in [0.05, 0.1) is 0 Å². The van der Waals surface area contributed by atoms with Crippen LogP contribution in [0.15, 0.2) is 18.2 Å². The van der Waals surface area contributed by atoms with E-state index in [1.54, 1.807) is 0 Å². The molecule has 21 heavy (non-hydrogen) atoms. The average Bonchev–Trinajstić information content (AvgIpc) is 3.30. The van der Waals surface area contributed by atoms with Crippen molar-refractivity contribution in [2.75, 3.05) is 0 Å². The third-order valence-corrected chi connectivity index (χ3v) is 4.14. The van der Waals surface area contributed by atoms with Crippen LogP contribution in [0.5, 0.6) is 0 Å². The molecule has 6 heteroatoms. The first-order chi connectivity index (χ1) is 9.97. The molecule has 0 saturated heterocycles. The summed E-state index contributed by atoms with van der Waals surface area (Å²) in [5.41, 5.74) is 0.188. The first-order valence-electron chi connectivity index (χ1n) is 6.95. The third kappa shape index (κ3) is 2.89. The van der Waals surface area contributed by atoms with Crippen LogP contribution in [0.2, 0.25) is 0 Å². The highest BCUT2D eigenvalue weighted by atomic mass is 19.1. The lowest BCUT2D eigenvalue weighted by atomic mass is 10.1. The quantitative estimate of drug-likeness (QED) is 0.873. The fourth-order valence-electron chi connectivity index (χ4n) is 2.70. The van der Waals surface area contributed by atoms with Crippen molar-refractivity contribution >= 4 is 11.9 Å². The Morgan fingerprint density at radius 3 is 2.62 bits per heavy atom. The number of nitrogens with one attached hydrogen (secondary N) is 1. The molecule has 0 bridgehead atoms. The average molecular weight is 295 g/mol. The first-order valence-corrected chi connectivity index (χ1v) is 6.95. The van der Waals surface area contributed by atoms with E-state index in [9.17, 15) is 18.4 Å². The molecule has 2 fully saturated rings. The summed E-state index contributed by atoms with van der Waals surface area (Å²) in [7, 11) is 0. The van der Waals surface area contributed by atoms with Crippen LogP contribution < -0.4 is 5.32 Å². The van der Waals surface area contributed by atoms with Crippen LogP contribution in [0.25, 0.3) is 0 Å². The molecule has 3 rings (SSSR count). The molecule has 3 unspecified atom stereocenters. The zero-order chi connectivity index (χ0) is 15.1. The number of halogens is 2. The molecule has 2 saturated carbocycles. The van der Waals surface area contributed by atoms with Gasteiger partial charge in [-0.15, -0.1) is 0 Å². The van der Waals surface area contributed by atoms with Crippen LogP contribution in [0.4, 0.5) is 8.78 Å². The van der Waals surface area contributed by atoms with Gasteiger partial charge < -0.3 is 10.4 Å². The van der Waals surface area contributed by atoms with Gasteiger partial charge in [0.1, 0.15) is 17.7 Å². The van der Waals surface area contributed by atoms with Gasteiger partial charge in [-0.05, 0) is 54.9 Å². The SMILES string of the molecule is O=C(NC(C(=O)O)C1CC1)C1CC1c1cc(F)ccc1F. The number of carbonyl (C=O) groups excluding carboxylic acids is 1. The number of hydrogen-bond acceptors (Lipinski definition) is 2. The number of rotatable bonds is 5. The van der Waals surface area contributed by atoms with Crippen LogP contribution in [0.3, 0.4) is 0 Å². The van der Waals surface area contributed by atoms with Gasteiger partial charge >= 0.3 is 5.97 Å². The highest BCUT2D eigenvalue weighted by Crippen LogP contribution is 2.48. The van der Waals surface area contributed by atoms with Gasteiger partial charge in [0.15, 0.2) is 0 Å². The molecule has 1 aromatic rings. The summed E-state index contributed by atoms with van der Waals surface area (Å²) in [6.07, 6.45) is 2.01. The Bertz CT molecular complexity index is 601. The van der Waals surface area contributed by atoms with Crippen molar-refractivity contribution < 1.29 is 23.5 Å². The molecule has 0 radical (unpaired) electrons. The predicted octanol–water partition coefficient (Wildman–Crippen LogP) is 2.05. The summed E-state index contributed by atoms with van der Waals surface area (Å²) < 4.78 is 26.8. The Morgan fingerprint density at radius 2 is 2.00 bits per heavy atom. The Kier molecular flexibility index (Phi) is 3.39. The van der Waals surface area contributed by atoms with Gasteiger partial charge in [-0.3, -0.25) is 4.79 Å². The Hall–Kier alpha value is -1.98. The molecule has 4 nitrogen and oxygen atoms in total. The minimum absolute atomic E-state index is 0.00504. The lowest BCUT2D eigenvalue weighted by molar-refractivity contribution is -0.142. The molecule has 2 aliphatic carbocycles. The smallest absolute Gasteiger partial charge is 0.326 e. The van der Waals surface area contributed by atoms with Crippen molar-refractivity contribution in [2.45, 2.75) is 31.2 Å². The maximum absolute atomic E-state index is 13.6. The second-order valence-corrected chi connectivity index (χ2v) is 5.78. The second kappa shape index (κ2) is 5.09. The molecule has 1 aromatic carbocycles. The zero-order valence-electron chi connectivity index (χ0n) is 11.2. The maximum Gasteiger partial charge on any atom is 0.326 e. The molecule has 0 heterocycles. The summed E-state index contributed by atoms with van der Waals surface area (Å²) >= 11 is 0. The van der Waals surface area contributed by atoms with Gasteiger partial charge in [-0.1, -0.05) is 0 Å². The summed E-state index contributed by atoms with van der Waals surface area (Å²) in [6.45, 7) is 0. The number of benzene rings is 1. The summed E-state index contributed by atoms with van der Waals surface area (Å²) in [5, 5.41) is 11.6. The minimum atomic E-state index is -1.04. The van der Waals surface area contributed by atoms with Crippen LogP contribution in [0.1, 0.15) is 30.7 Å². The van der Waals surface area contributed by atoms with Gasteiger partial charge in [0, 0.05) is 5.92 Å². The molecule has 0 aromatic heterocycles. The van der Waals surface area contributed by atoms with Crippen molar-refractivity contribution in [3.63, 3.8) is 0 Å². The summed E-state index contributed by atoms with van der Waals surface area (Å²) in [4.78, 5) is 23.1. The van der Waals surface area contributed by atoms with Gasteiger partial charge in [-0.25, -0.2) is 13.6 Å². The number of carboxylic acid groups (broad SMARTS) is 1. The molecule has 3 atom stereocenters. The lowest BCUT2D eigenvalue weighted by Crippen LogP contribution is -2.43. The molecule has 1 amide bonds. The van der Waals surface area contributed by atoms with Gasteiger partial charge in [0.25, 0.3) is 0 Å². The standard InChI is InChI=1S/C15H15F2NO3/c16-8-3-4-12(17)10(5-8)9-6-11(9)14(19)18-13(15(20)21)7-1-2-7/h3-5,7,9,11,13H,1-2,6H2,(H,18,19)(H,20,21). The Morgan fingerprint density at radius 1 is 1.29 bits per heavy atom. The molecule has 2 aliphatic rings. The van der Waals surface area contributed by atoms with E-state index < -0.39 is 29.6 Å². The van der Waals surface area contributed by atoms with Crippen molar-refractivity contribution in [1.29, 1.82) is 0 Å². The second-order valence-electron chi connectivity index (χ2n) is 5.78. The highest BCUT2D eigenvalue weighted by Gasteiger charge is 2.47. The molecule has 0 spiro atoms. The maximum atomic E-state index is 13.6. The minimum Gasteiger partial charge on any atom is -0.480 e. The van der Waals surface area contributed by atoms with Crippen LogP contribution in [-0.2, 0) is 9.59 Å². The highest BCUT2D eigenvalue weighted by molar-refractivity contribution is 5.87. The van der Waals surface area contributed by atoms with Crippen molar-refractivity contribution in [3.8, 4) is 0 Å². The molecular formula is C15H15F2NO3. The fourth-order valence-corrected chi connectivity index (χ4v) is 2.70. The largest absolute Gasteiger partial charge is 0.480 e. The fraction of sp³-hybridized carbons (Fsp3) is 0.467. The third-order valence-electron chi connectivity index (χ3n) is 4.14. The summed E-state index contributed by atoms with van der Waals surface area (Å²) in [5.74, 6) is -3.35. The Balaban J connectivity index is 1.65. The normalized spacial score (nSPS) is 25.2. The number of carbonyl (C=O) groups is 2. The number of aliphatic carboxylic acids is 1. The van der Waals surface area contributed by atoms with E-state index in [0.717, 1.165) is 31.0 Å². The van der Waals surface area contributed by atoms with Crippen molar-refractivity contribution in [3.05, 3.63) is 35.4 Å². The molecule has 0 aliphatic heterocycles. The number of carboxylic acids is 1. The van der Waals surface area contributed by atoms with E-state index in [-0.39, 0.29) is 23.3 Å². The van der Waals surface area contributed by atoms with E-state index in [0.29, 0.717) is 6.42 Å². The van der Waals surface area contributed by atoms with Gasteiger partial charge in [0.2, 0.25) is 5.91 Å². The monoisotopic (exact) mass is 295 g/mol. The topological polar surface area (TPSA) is 66.4 Å².